The molecule has 0 amide bonds. The Morgan fingerprint density at radius 2 is 1.92 bits per heavy atom. The Kier molecular flexibility index (Phi) is 6.53. The van der Waals surface area contributed by atoms with Crippen LogP contribution in [0.4, 0.5) is 13.2 Å². The lowest BCUT2D eigenvalue weighted by molar-refractivity contribution is -0.186. The first kappa shape index (κ1) is 25.7. The van der Waals surface area contributed by atoms with Crippen molar-refractivity contribution >= 4 is 10.9 Å². The molecule has 2 aromatic carbocycles. The Hall–Kier alpha value is -3.52. The number of methoxy groups -OCH3 is 1. The molecule has 0 bridgehead atoms. The van der Waals surface area contributed by atoms with E-state index in [9.17, 15) is 8.78 Å². The summed E-state index contributed by atoms with van der Waals surface area (Å²) < 4.78 is 54.7. The lowest BCUT2D eigenvalue weighted by Crippen LogP contribution is -2.53. The number of alkyl halides is 2. The van der Waals surface area contributed by atoms with Crippen molar-refractivity contribution < 1.29 is 22.6 Å². The summed E-state index contributed by atoms with van der Waals surface area (Å²) in [5.41, 5.74) is 4.29. The molecular formula is C31H32F3N3O2. The van der Waals surface area contributed by atoms with Gasteiger partial charge in [0.15, 0.2) is 5.82 Å². The fourth-order valence-corrected chi connectivity index (χ4v) is 6.50. The molecule has 1 saturated carbocycles. The number of aromatic nitrogens is 2. The van der Waals surface area contributed by atoms with Gasteiger partial charge in [0.05, 0.1) is 7.11 Å². The molecule has 3 heterocycles. The molecular weight excluding hydrogens is 503 g/mol. The van der Waals surface area contributed by atoms with Gasteiger partial charge < -0.3 is 14.5 Å². The highest BCUT2D eigenvalue weighted by molar-refractivity contribution is 5.88. The van der Waals surface area contributed by atoms with Crippen molar-refractivity contribution in [3.8, 4) is 11.6 Å². The highest BCUT2D eigenvalue weighted by Gasteiger charge is 2.58. The number of rotatable bonds is 7. The van der Waals surface area contributed by atoms with E-state index in [-0.39, 0.29) is 31.4 Å². The minimum absolute atomic E-state index is 0.0657. The zero-order valence-corrected chi connectivity index (χ0v) is 22.1. The van der Waals surface area contributed by atoms with E-state index in [2.05, 4.69) is 14.9 Å². The number of hydrogen-bond acceptors (Lipinski definition) is 4. The molecule has 6 rings (SSSR count). The number of fused-ring (bicyclic) bond motifs is 1. The second-order valence-corrected chi connectivity index (χ2v) is 11.1. The van der Waals surface area contributed by atoms with Crippen molar-refractivity contribution in [1.82, 2.24) is 14.9 Å². The summed E-state index contributed by atoms with van der Waals surface area (Å²) in [5, 5.41) is 1.06. The number of hydrogen-bond donors (Lipinski definition) is 1. The fourth-order valence-electron chi connectivity index (χ4n) is 6.50. The van der Waals surface area contributed by atoms with Crippen molar-refractivity contribution in [3.63, 3.8) is 0 Å². The summed E-state index contributed by atoms with van der Waals surface area (Å²) in [5.74, 6) is -2.46. The number of H-pyrrole nitrogens is 1. The van der Waals surface area contributed by atoms with Crippen LogP contribution in [-0.2, 0) is 13.2 Å². The maximum Gasteiger partial charge on any atom is 0.250 e. The van der Waals surface area contributed by atoms with Crippen LogP contribution in [0.5, 0.6) is 11.6 Å². The van der Waals surface area contributed by atoms with Crippen LogP contribution >= 0.6 is 0 Å². The van der Waals surface area contributed by atoms with Gasteiger partial charge in [-0.1, -0.05) is 30.3 Å². The van der Waals surface area contributed by atoms with E-state index in [0.29, 0.717) is 31.5 Å². The first-order valence-electron chi connectivity index (χ1n) is 13.3. The predicted octanol–water partition coefficient (Wildman–Crippen LogP) is 7.35. The molecule has 204 valence electrons. The molecule has 8 heteroatoms. The topological polar surface area (TPSA) is 50.4 Å². The monoisotopic (exact) mass is 535 g/mol. The summed E-state index contributed by atoms with van der Waals surface area (Å²) in [4.78, 5) is 9.87. The molecule has 39 heavy (non-hydrogen) atoms. The van der Waals surface area contributed by atoms with E-state index < -0.39 is 17.2 Å². The van der Waals surface area contributed by atoms with Gasteiger partial charge in [-0.25, -0.2) is 18.2 Å². The van der Waals surface area contributed by atoms with Gasteiger partial charge in [0, 0.05) is 54.3 Å². The van der Waals surface area contributed by atoms with Crippen molar-refractivity contribution in [1.29, 1.82) is 0 Å². The van der Waals surface area contributed by atoms with Crippen LogP contribution in [0, 0.1) is 18.2 Å². The largest absolute Gasteiger partial charge is 0.496 e. The lowest BCUT2D eigenvalue weighted by atomic mass is 9.59. The first-order valence-corrected chi connectivity index (χ1v) is 13.3. The zero-order chi connectivity index (χ0) is 27.2. The quantitative estimate of drug-likeness (QED) is 0.269. The molecule has 1 aliphatic heterocycles. The van der Waals surface area contributed by atoms with Crippen LogP contribution in [0.3, 0.4) is 0 Å². The van der Waals surface area contributed by atoms with Crippen LogP contribution < -0.4 is 9.47 Å². The van der Waals surface area contributed by atoms with Gasteiger partial charge in [0.1, 0.15) is 12.4 Å². The summed E-state index contributed by atoms with van der Waals surface area (Å²) in [7, 11) is 1.66. The fraction of sp³-hybridized carbons (Fsp3) is 0.387. The Balaban J connectivity index is 1.30. The number of aryl methyl sites for hydroxylation is 1. The van der Waals surface area contributed by atoms with E-state index in [4.69, 9.17) is 9.47 Å². The minimum Gasteiger partial charge on any atom is -0.496 e. The molecule has 1 spiro atoms. The molecule has 1 unspecified atom stereocenters. The molecule has 1 atom stereocenters. The lowest BCUT2D eigenvalue weighted by Gasteiger charge is -2.54. The average Bonchev–Trinajstić information content (AvgIpc) is 3.41. The average molecular weight is 536 g/mol. The molecule has 5 nitrogen and oxygen atoms in total. The van der Waals surface area contributed by atoms with E-state index in [0.717, 1.165) is 33.3 Å². The van der Waals surface area contributed by atoms with Crippen molar-refractivity contribution in [2.45, 2.75) is 57.7 Å². The molecule has 0 radical (unpaired) electrons. The third-order valence-corrected chi connectivity index (χ3v) is 8.39. The van der Waals surface area contributed by atoms with Crippen molar-refractivity contribution in [2.24, 2.45) is 5.41 Å². The molecule has 2 aromatic heterocycles. The molecule has 1 aliphatic carbocycles. The minimum atomic E-state index is -2.62. The molecule has 2 fully saturated rings. The Morgan fingerprint density at radius 1 is 1.13 bits per heavy atom. The van der Waals surface area contributed by atoms with Crippen molar-refractivity contribution in [2.75, 3.05) is 13.7 Å². The molecule has 1 saturated heterocycles. The van der Waals surface area contributed by atoms with Gasteiger partial charge in [-0.05, 0) is 66.6 Å². The van der Waals surface area contributed by atoms with Gasteiger partial charge in [0.2, 0.25) is 5.92 Å². The molecule has 1 N–H and O–H groups in total. The third-order valence-electron chi connectivity index (χ3n) is 8.39. The van der Waals surface area contributed by atoms with Crippen LogP contribution in [0.15, 0.2) is 60.9 Å². The van der Waals surface area contributed by atoms with Crippen LogP contribution in [0.1, 0.15) is 54.0 Å². The number of piperidine rings is 1. The maximum absolute atomic E-state index is 15.3. The predicted molar refractivity (Wildman–Crippen MR) is 144 cm³/mol. The number of benzene rings is 2. The van der Waals surface area contributed by atoms with Gasteiger partial charge >= 0.3 is 0 Å². The zero-order valence-electron chi connectivity index (χ0n) is 22.1. The number of aromatic amines is 1. The van der Waals surface area contributed by atoms with E-state index >= 15 is 4.39 Å². The number of nitrogens with zero attached hydrogens (tertiary/aromatic N) is 2. The Morgan fingerprint density at radius 3 is 2.64 bits per heavy atom. The van der Waals surface area contributed by atoms with Crippen LogP contribution in [-0.4, -0.2) is 34.4 Å². The number of halogens is 3. The second kappa shape index (κ2) is 9.90. The van der Waals surface area contributed by atoms with Gasteiger partial charge in [-0.15, -0.1) is 0 Å². The van der Waals surface area contributed by atoms with Gasteiger partial charge in [0.25, 0.3) is 5.88 Å². The number of ether oxygens (including phenoxy) is 2. The number of pyridine rings is 1. The number of nitrogens with one attached hydrogen (secondary N) is 1. The smallest absolute Gasteiger partial charge is 0.250 e. The standard InChI is InChI=1S/C31H32F3N3O2/c1-20-12-27(38-2)24(23-8-10-35-28(20)23)16-37-11-9-30(18-31(33,34)19-30)14-26(37)22-13-25(32)29(36-15-22)39-17-21-6-4-3-5-7-21/h3-8,10,12-13,15,26,35H,9,11,14,16-19H2,1-2H3. The third kappa shape index (κ3) is 4.98. The Bertz CT molecular complexity index is 1480. The summed E-state index contributed by atoms with van der Waals surface area (Å²) >= 11 is 0. The molecule has 4 aromatic rings. The maximum atomic E-state index is 15.3. The van der Waals surface area contributed by atoms with Gasteiger partial charge in [-0.3, -0.25) is 4.90 Å². The van der Waals surface area contributed by atoms with Crippen molar-refractivity contribution in [3.05, 3.63) is 89.0 Å². The second-order valence-electron chi connectivity index (χ2n) is 11.1. The SMILES string of the molecule is COc1cc(C)c2[nH]ccc2c1CN1CCC2(CC1c1cnc(OCc3ccccc3)c(F)c1)CC(F)(F)C2. The summed E-state index contributed by atoms with van der Waals surface area (Å²) in [6.07, 6.45) is 4.52. The Labute approximate surface area is 226 Å². The summed E-state index contributed by atoms with van der Waals surface area (Å²) in [6.45, 7) is 3.41. The van der Waals surface area contributed by atoms with Crippen LogP contribution in [0.2, 0.25) is 0 Å². The van der Waals surface area contributed by atoms with Crippen LogP contribution in [0.25, 0.3) is 10.9 Å². The first-order chi connectivity index (χ1) is 18.8. The highest BCUT2D eigenvalue weighted by Crippen LogP contribution is 2.60. The van der Waals surface area contributed by atoms with E-state index in [1.807, 2.05) is 55.6 Å². The summed E-state index contributed by atoms with van der Waals surface area (Å²) in [6, 6.07) is 14.8. The van der Waals surface area contributed by atoms with Gasteiger partial charge in [-0.2, -0.15) is 0 Å². The van der Waals surface area contributed by atoms with E-state index in [1.165, 1.54) is 6.07 Å². The highest BCUT2D eigenvalue weighted by atomic mass is 19.3. The normalized spacial score (nSPS) is 20.2. The van der Waals surface area contributed by atoms with E-state index in [1.54, 1.807) is 13.3 Å². The number of likely N-dealkylation sites (tertiary alicyclic amines) is 1. The molecule has 2 aliphatic rings.